The van der Waals surface area contributed by atoms with Crippen molar-refractivity contribution < 1.29 is 19.1 Å². The van der Waals surface area contributed by atoms with Crippen molar-refractivity contribution in [3.63, 3.8) is 0 Å². The lowest BCUT2D eigenvalue weighted by molar-refractivity contribution is -0.127. The highest BCUT2D eigenvalue weighted by atomic mass is 32.1. The Hall–Kier alpha value is -1.93. The van der Waals surface area contributed by atoms with E-state index >= 15 is 0 Å². The number of methoxy groups -OCH3 is 1. The first kappa shape index (κ1) is 19.8. The topological polar surface area (TPSA) is 87.7 Å². The number of ether oxygens (including phenoxy) is 1. The van der Waals surface area contributed by atoms with Gasteiger partial charge in [0.1, 0.15) is 11.0 Å². The molecule has 0 spiro atoms. The van der Waals surface area contributed by atoms with E-state index in [-0.39, 0.29) is 17.7 Å². The molecule has 3 heterocycles. The number of amides is 2. The Bertz CT molecular complexity index is 699. The molecule has 7 nitrogen and oxygen atoms in total. The van der Waals surface area contributed by atoms with Crippen LogP contribution >= 0.6 is 11.3 Å². The Balaban J connectivity index is 1.56. The molecule has 0 aromatic carbocycles. The molecule has 0 saturated carbocycles. The summed E-state index contributed by atoms with van der Waals surface area (Å²) >= 11 is 1.33. The zero-order valence-corrected chi connectivity index (χ0v) is 16.6. The average molecular weight is 394 g/mol. The van der Waals surface area contributed by atoms with Crippen molar-refractivity contribution in [2.24, 2.45) is 11.8 Å². The van der Waals surface area contributed by atoms with E-state index in [0.717, 1.165) is 25.9 Å². The van der Waals surface area contributed by atoms with Crippen LogP contribution in [0, 0.1) is 11.8 Å². The summed E-state index contributed by atoms with van der Waals surface area (Å²) < 4.78 is 4.78. The molecule has 148 valence electrons. The van der Waals surface area contributed by atoms with Crippen LogP contribution in [0.3, 0.4) is 0 Å². The lowest BCUT2D eigenvalue weighted by Crippen LogP contribution is -2.43. The first-order valence-corrected chi connectivity index (χ1v) is 10.4. The highest BCUT2D eigenvalue weighted by Crippen LogP contribution is 2.32. The molecule has 0 bridgehead atoms. The van der Waals surface area contributed by atoms with E-state index < -0.39 is 12.0 Å². The van der Waals surface area contributed by atoms with Crippen molar-refractivity contribution >= 4 is 34.1 Å². The molecule has 1 aromatic heterocycles. The van der Waals surface area contributed by atoms with E-state index in [0.29, 0.717) is 35.9 Å². The zero-order chi connectivity index (χ0) is 19.4. The standard InChI is InChI=1S/C19H27N3O4S/c1-12(13-4-3-7-20-11-13)10-16(23)21-15-5-8-22(17(15)24)18-14(6-9-27-18)19(25)26-2/h6,9,12-13,15,20H,3-5,7-8,10-11H2,1-2H3,(H,21,23). The summed E-state index contributed by atoms with van der Waals surface area (Å²) in [5.41, 5.74) is 0.390. The number of carbonyl (C=O) groups excluding carboxylic acids is 3. The van der Waals surface area contributed by atoms with E-state index in [9.17, 15) is 14.4 Å². The van der Waals surface area contributed by atoms with Gasteiger partial charge in [-0.2, -0.15) is 0 Å². The normalized spacial score (nSPS) is 23.9. The van der Waals surface area contributed by atoms with Gasteiger partial charge in [-0.3, -0.25) is 9.59 Å². The second kappa shape index (κ2) is 8.84. The number of hydrogen-bond acceptors (Lipinski definition) is 6. The third kappa shape index (κ3) is 4.50. The quantitative estimate of drug-likeness (QED) is 0.720. The van der Waals surface area contributed by atoms with Gasteiger partial charge in [0.2, 0.25) is 11.8 Å². The number of piperidine rings is 1. The van der Waals surface area contributed by atoms with E-state index in [2.05, 4.69) is 17.6 Å². The first-order valence-electron chi connectivity index (χ1n) is 9.48. The highest BCUT2D eigenvalue weighted by Gasteiger charge is 2.36. The predicted octanol–water partition coefficient (Wildman–Crippen LogP) is 1.78. The molecule has 2 N–H and O–H groups in total. The molecular weight excluding hydrogens is 366 g/mol. The molecular formula is C19H27N3O4S. The van der Waals surface area contributed by atoms with Crippen molar-refractivity contribution in [2.75, 3.05) is 31.6 Å². The molecule has 2 aliphatic rings. The van der Waals surface area contributed by atoms with Gasteiger partial charge in [0, 0.05) is 13.0 Å². The van der Waals surface area contributed by atoms with E-state index in [4.69, 9.17) is 4.74 Å². The van der Waals surface area contributed by atoms with Gasteiger partial charge in [0.05, 0.1) is 12.7 Å². The van der Waals surface area contributed by atoms with Crippen LogP contribution < -0.4 is 15.5 Å². The van der Waals surface area contributed by atoms with Crippen molar-refractivity contribution in [3.05, 3.63) is 17.0 Å². The van der Waals surface area contributed by atoms with Crippen LogP contribution in [0.4, 0.5) is 5.00 Å². The van der Waals surface area contributed by atoms with E-state index in [1.807, 2.05) is 0 Å². The third-order valence-electron chi connectivity index (χ3n) is 5.48. The fraction of sp³-hybridized carbons (Fsp3) is 0.632. The van der Waals surface area contributed by atoms with Crippen molar-refractivity contribution in [1.82, 2.24) is 10.6 Å². The summed E-state index contributed by atoms with van der Waals surface area (Å²) in [5.74, 6) is 0.0969. The maximum Gasteiger partial charge on any atom is 0.340 e. The third-order valence-corrected chi connectivity index (χ3v) is 6.42. The predicted molar refractivity (Wildman–Crippen MR) is 104 cm³/mol. The minimum Gasteiger partial charge on any atom is -0.465 e. The molecule has 27 heavy (non-hydrogen) atoms. The van der Waals surface area contributed by atoms with E-state index in [1.165, 1.54) is 18.4 Å². The second-order valence-corrected chi connectivity index (χ2v) is 8.21. The minimum absolute atomic E-state index is 0.0763. The lowest BCUT2D eigenvalue weighted by Gasteiger charge is -2.28. The molecule has 3 unspecified atom stereocenters. The van der Waals surface area contributed by atoms with Gasteiger partial charge in [-0.05, 0) is 55.6 Å². The van der Waals surface area contributed by atoms with E-state index in [1.54, 1.807) is 16.3 Å². The fourth-order valence-corrected chi connectivity index (χ4v) is 4.79. The van der Waals surface area contributed by atoms with Gasteiger partial charge < -0.3 is 20.3 Å². The Labute approximate surface area is 163 Å². The van der Waals surface area contributed by atoms with Crippen LogP contribution in [-0.2, 0) is 14.3 Å². The molecule has 3 rings (SSSR count). The van der Waals surface area contributed by atoms with Crippen molar-refractivity contribution in [1.29, 1.82) is 0 Å². The van der Waals surface area contributed by atoms with Gasteiger partial charge in [0.15, 0.2) is 0 Å². The summed E-state index contributed by atoms with van der Waals surface area (Å²) in [5, 5.41) is 8.62. The Kier molecular flexibility index (Phi) is 6.49. The van der Waals surface area contributed by atoms with Crippen LogP contribution in [0.1, 0.15) is 43.0 Å². The van der Waals surface area contributed by atoms with Crippen molar-refractivity contribution in [2.45, 2.75) is 38.6 Å². The smallest absolute Gasteiger partial charge is 0.340 e. The molecule has 0 aliphatic carbocycles. The summed E-state index contributed by atoms with van der Waals surface area (Å²) in [4.78, 5) is 38.6. The number of thiophene rings is 1. The second-order valence-electron chi connectivity index (χ2n) is 7.32. The molecule has 2 amide bonds. The fourth-order valence-electron chi connectivity index (χ4n) is 3.87. The maximum atomic E-state index is 12.7. The Morgan fingerprint density at radius 1 is 1.44 bits per heavy atom. The number of nitrogens with zero attached hydrogens (tertiary/aromatic N) is 1. The molecule has 2 fully saturated rings. The van der Waals surface area contributed by atoms with Crippen LogP contribution in [0.15, 0.2) is 11.4 Å². The van der Waals surface area contributed by atoms with Crippen LogP contribution in [-0.4, -0.2) is 50.6 Å². The molecule has 1 aromatic rings. The Morgan fingerprint density at radius 2 is 2.26 bits per heavy atom. The van der Waals surface area contributed by atoms with Gasteiger partial charge in [-0.15, -0.1) is 11.3 Å². The molecule has 2 saturated heterocycles. The van der Waals surface area contributed by atoms with Gasteiger partial charge in [-0.1, -0.05) is 6.92 Å². The van der Waals surface area contributed by atoms with Gasteiger partial charge in [-0.25, -0.2) is 4.79 Å². The number of rotatable bonds is 6. The van der Waals surface area contributed by atoms with Crippen molar-refractivity contribution in [3.8, 4) is 0 Å². The lowest BCUT2D eigenvalue weighted by atomic mass is 9.85. The zero-order valence-electron chi connectivity index (χ0n) is 15.8. The van der Waals surface area contributed by atoms with Crippen LogP contribution in [0.2, 0.25) is 0 Å². The average Bonchev–Trinajstić information content (AvgIpc) is 3.29. The summed E-state index contributed by atoms with van der Waals surface area (Å²) in [7, 11) is 1.32. The van der Waals surface area contributed by atoms with Gasteiger partial charge >= 0.3 is 5.97 Å². The minimum atomic E-state index is -0.526. The SMILES string of the molecule is COC(=O)c1ccsc1N1CCC(NC(=O)CC(C)C2CCCNC2)C1=O. The van der Waals surface area contributed by atoms with Gasteiger partial charge in [0.25, 0.3) is 0 Å². The van der Waals surface area contributed by atoms with Crippen LogP contribution in [0.5, 0.6) is 0 Å². The summed E-state index contributed by atoms with van der Waals surface area (Å²) in [6.07, 6.45) is 3.27. The number of nitrogens with one attached hydrogen (secondary N) is 2. The summed E-state index contributed by atoms with van der Waals surface area (Å²) in [6, 6.07) is 1.13. The number of carbonyl (C=O) groups is 3. The molecule has 0 radical (unpaired) electrons. The largest absolute Gasteiger partial charge is 0.465 e. The molecule has 3 atom stereocenters. The van der Waals surface area contributed by atoms with Crippen LogP contribution in [0.25, 0.3) is 0 Å². The molecule has 8 heteroatoms. The Morgan fingerprint density at radius 3 is 2.96 bits per heavy atom. The highest BCUT2D eigenvalue weighted by molar-refractivity contribution is 7.14. The number of anilines is 1. The number of esters is 1. The first-order chi connectivity index (χ1) is 13.0. The molecule has 2 aliphatic heterocycles. The number of hydrogen-bond donors (Lipinski definition) is 2. The summed E-state index contributed by atoms with van der Waals surface area (Å²) in [6.45, 7) is 4.60. The maximum absolute atomic E-state index is 12.7. The monoisotopic (exact) mass is 393 g/mol.